The third kappa shape index (κ3) is 3.04. The highest BCUT2D eigenvalue weighted by Crippen LogP contribution is 2.62. The molecule has 4 aliphatic rings. The Morgan fingerprint density at radius 2 is 0.867 bits per heavy atom. The van der Waals surface area contributed by atoms with E-state index in [1.54, 1.807) is 0 Å². The Bertz CT molecular complexity index is 926. The summed E-state index contributed by atoms with van der Waals surface area (Å²) >= 11 is 0. The Morgan fingerprint density at radius 1 is 0.533 bits per heavy atom. The van der Waals surface area contributed by atoms with Gasteiger partial charge in [-0.3, -0.25) is 0 Å². The second kappa shape index (κ2) is 7.28. The Morgan fingerprint density at radius 3 is 1.20 bits per heavy atom. The third-order valence-corrected chi connectivity index (χ3v) is 12.3. The first-order valence-electron chi connectivity index (χ1n) is 11.7. The molecule has 3 aromatic rings. The number of rotatable bonds is 4. The summed E-state index contributed by atoms with van der Waals surface area (Å²) in [6.07, 6.45) is 8.77. The largest absolute Gasteiger partial charge is 0.0680 e. The summed E-state index contributed by atoms with van der Waals surface area (Å²) < 4.78 is 0. The maximum atomic E-state index is 2.95. The smallest absolute Gasteiger partial charge is 0.00969 e. The summed E-state index contributed by atoms with van der Waals surface area (Å²) in [6.45, 7) is -1.83. The predicted molar refractivity (Wildman–Crippen MR) is 132 cm³/mol. The zero-order valence-corrected chi connectivity index (χ0v) is 18.6. The van der Waals surface area contributed by atoms with Gasteiger partial charge in [0.15, 0.2) is 0 Å². The van der Waals surface area contributed by atoms with Gasteiger partial charge in [0.25, 0.3) is 0 Å². The SMILES string of the molecule is C(C12CC3CC(CC(C3)C1)C2)=P(c1ccccc1)(c1ccccc1)c1ccccc1. The highest BCUT2D eigenvalue weighted by molar-refractivity contribution is 7.94. The Labute approximate surface area is 181 Å². The van der Waals surface area contributed by atoms with Crippen molar-refractivity contribution >= 4 is 28.6 Å². The minimum atomic E-state index is -1.83. The number of benzene rings is 3. The van der Waals surface area contributed by atoms with Gasteiger partial charge in [-0.2, -0.15) is 0 Å². The van der Waals surface area contributed by atoms with Gasteiger partial charge in [-0.05, 0) is 84.5 Å². The molecule has 4 bridgehead atoms. The van der Waals surface area contributed by atoms with E-state index in [4.69, 9.17) is 0 Å². The Hall–Kier alpha value is -2.04. The molecule has 0 N–H and O–H groups in total. The second-order valence-corrected chi connectivity index (χ2v) is 13.4. The van der Waals surface area contributed by atoms with Crippen LogP contribution in [0.25, 0.3) is 0 Å². The molecule has 4 aliphatic carbocycles. The number of hydrogen-bond donors (Lipinski definition) is 0. The van der Waals surface area contributed by atoms with E-state index in [0.717, 1.165) is 17.8 Å². The molecule has 3 aromatic carbocycles. The molecule has 30 heavy (non-hydrogen) atoms. The van der Waals surface area contributed by atoms with E-state index < -0.39 is 6.89 Å². The monoisotopic (exact) mass is 410 g/mol. The summed E-state index contributed by atoms with van der Waals surface area (Å²) in [7, 11) is 0. The van der Waals surface area contributed by atoms with E-state index in [2.05, 4.69) is 96.8 Å². The molecule has 0 spiro atoms. The molecular weight excluding hydrogens is 379 g/mol. The van der Waals surface area contributed by atoms with Crippen molar-refractivity contribution in [2.24, 2.45) is 23.2 Å². The summed E-state index contributed by atoms with van der Waals surface area (Å²) in [5.74, 6) is 5.86. The van der Waals surface area contributed by atoms with Gasteiger partial charge in [0.05, 0.1) is 0 Å². The lowest BCUT2D eigenvalue weighted by molar-refractivity contribution is -0.00858. The van der Waals surface area contributed by atoms with Crippen LogP contribution in [-0.2, 0) is 0 Å². The molecule has 0 unspecified atom stereocenters. The summed E-state index contributed by atoms with van der Waals surface area (Å²) in [6, 6.07) is 34.3. The summed E-state index contributed by atoms with van der Waals surface area (Å²) in [4.78, 5) is 0. The maximum Gasteiger partial charge on any atom is -0.00969 e. The lowest BCUT2D eigenvalue weighted by Crippen LogP contribution is -2.48. The first kappa shape index (κ1) is 18.7. The van der Waals surface area contributed by atoms with Gasteiger partial charge in [0, 0.05) is 0 Å². The standard InChI is InChI=1S/C29H31P/c1-4-10-26(11-5-1)30(27-12-6-2-7-13-27,28-14-8-3-9-15-28)22-29-19-23-16-24(20-29)18-25(17-23)21-29/h1-15,22-25H,16-21H2. The fourth-order valence-electron chi connectivity index (χ4n) is 7.41. The van der Waals surface area contributed by atoms with Crippen LogP contribution in [0.15, 0.2) is 91.0 Å². The third-order valence-electron chi connectivity index (χ3n) is 8.04. The van der Waals surface area contributed by atoms with Crippen LogP contribution in [0.2, 0.25) is 0 Å². The van der Waals surface area contributed by atoms with Crippen molar-refractivity contribution in [1.82, 2.24) is 0 Å². The van der Waals surface area contributed by atoms with Crippen LogP contribution in [-0.4, -0.2) is 5.80 Å². The lowest BCUT2D eigenvalue weighted by atomic mass is 9.50. The van der Waals surface area contributed by atoms with E-state index in [1.165, 1.54) is 54.4 Å². The molecule has 4 fully saturated rings. The van der Waals surface area contributed by atoms with Crippen molar-refractivity contribution in [3.63, 3.8) is 0 Å². The van der Waals surface area contributed by atoms with Crippen LogP contribution in [0, 0.1) is 23.2 Å². The van der Waals surface area contributed by atoms with Gasteiger partial charge in [-0.1, -0.05) is 96.8 Å². The quantitative estimate of drug-likeness (QED) is 0.463. The van der Waals surface area contributed by atoms with Crippen LogP contribution >= 0.6 is 6.89 Å². The average molecular weight is 411 g/mol. The number of hydrogen-bond acceptors (Lipinski definition) is 0. The molecule has 0 amide bonds. The van der Waals surface area contributed by atoms with Crippen LogP contribution in [0.5, 0.6) is 0 Å². The first-order chi connectivity index (χ1) is 14.8. The molecule has 0 aliphatic heterocycles. The molecule has 0 heterocycles. The Kier molecular flexibility index (Phi) is 4.54. The molecule has 0 atom stereocenters. The molecule has 7 rings (SSSR count). The molecule has 0 saturated heterocycles. The minimum absolute atomic E-state index is 0.421. The van der Waals surface area contributed by atoms with Gasteiger partial charge >= 0.3 is 0 Å². The van der Waals surface area contributed by atoms with Crippen molar-refractivity contribution in [2.45, 2.75) is 38.5 Å². The van der Waals surface area contributed by atoms with E-state index >= 15 is 0 Å². The van der Waals surface area contributed by atoms with Gasteiger partial charge in [0.1, 0.15) is 0 Å². The molecule has 0 nitrogen and oxygen atoms in total. The van der Waals surface area contributed by atoms with Crippen molar-refractivity contribution < 1.29 is 0 Å². The molecule has 1 heteroatoms. The van der Waals surface area contributed by atoms with Gasteiger partial charge in [-0.15, -0.1) is 0 Å². The van der Waals surface area contributed by atoms with Gasteiger partial charge in [-0.25, -0.2) is 0 Å². The fourth-order valence-corrected chi connectivity index (χ4v) is 11.8. The van der Waals surface area contributed by atoms with Crippen molar-refractivity contribution in [3.8, 4) is 0 Å². The lowest BCUT2D eigenvalue weighted by Gasteiger charge is -2.56. The fraction of sp³-hybridized carbons (Fsp3) is 0.345. The van der Waals surface area contributed by atoms with E-state index in [9.17, 15) is 0 Å². The molecule has 152 valence electrons. The zero-order chi connectivity index (χ0) is 20.0. The molecule has 0 radical (unpaired) electrons. The van der Waals surface area contributed by atoms with Crippen LogP contribution in [0.1, 0.15) is 38.5 Å². The zero-order valence-electron chi connectivity index (χ0n) is 17.7. The maximum absolute atomic E-state index is 2.95. The second-order valence-electron chi connectivity index (χ2n) is 10.1. The van der Waals surface area contributed by atoms with Crippen LogP contribution < -0.4 is 15.9 Å². The molecule has 0 aromatic heterocycles. The summed E-state index contributed by atoms with van der Waals surface area (Å²) in [5, 5.41) is 4.54. The van der Waals surface area contributed by atoms with E-state index in [-0.39, 0.29) is 0 Å². The van der Waals surface area contributed by atoms with Gasteiger partial charge < -0.3 is 0 Å². The van der Waals surface area contributed by atoms with Crippen molar-refractivity contribution in [1.29, 1.82) is 0 Å². The van der Waals surface area contributed by atoms with Crippen LogP contribution in [0.3, 0.4) is 0 Å². The van der Waals surface area contributed by atoms with Crippen molar-refractivity contribution in [2.75, 3.05) is 0 Å². The van der Waals surface area contributed by atoms with Crippen molar-refractivity contribution in [3.05, 3.63) is 91.0 Å². The predicted octanol–water partition coefficient (Wildman–Crippen LogP) is 6.00. The Balaban J connectivity index is 1.66. The normalized spacial score (nSPS) is 29.7. The van der Waals surface area contributed by atoms with Crippen LogP contribution in [0.4, 0.5) is 0 Å². The minimum Gasteiger partial charge on any atom is -0.0680 e. The summed E-state index contributed by atoms with van der Waals surface area (Å²) in [5.41, 5.74) is 0.421. The molecule has 4 saturated carbocycles. The average Bonchev–Trinajstić information content (AvgIpc) is 2.78. The highest BCUT2D eigenvalue weighted by atomic mass is 31.2. The topological polar surface area (TPSA) is 0 Å². The highest BCUT2D eigenvalue weighted by Gasteiger charge is 2.51. The first-order valence-corrected chi connectivity index (χ1v) is 13.5. The molecular formula is C29H31P. The van der Waals surface area contributed by atoms with E-state index in [1.807, 2.05) is 0 Å². The van der Waals surface area contributed by atoms with E-state index in [0.29, 0.717) is 5.41 Å². The van der Waals surface area contributed by atoms with Gasteiger partial charge in [0.2, 0.25) is 0 Å².